The van der Waals surface area contributed by atoms with Crippen LogP contribution in [-0.4, -0.2) is 23.3 Å². The van der Waals surface area contributed by atoms with Crippen molar-refractivity contribution in [3.8, 4) is 11.5 Å². The third kappa shape index (κ3) is 2.93. The maximum Gasteiger partial charge on any atom is 0.261 e. The Morgan fingerprint density at radius 3 is 2.93 bits per heavy atom. The van der Waals surface area contributed by atoms with E-state index in [0.717, 1.165) is 17.6 Å². The molecule has 0 saturated carbocycles. The van der Waals surface area contributed by atoms with Crippen LogP contribution in [0.2, 0.25) is 0 Å². The average molecular weight is 363 g/mol. The number of nitrogens with two attached hydrogens (primary N) is 1. The highest BCUT2D eigenvalue weighted by Gasteiger charge is 2.21. The molecular formula is C21H21N3O3. The van der Waals surface area contributed by atoms with Gasteiger partial charge < -0.3 is 15.2 Å². The van der Waals surface area contributed by atoms with Gasteiger partial charge in [0.25, 0.3) is 5.56 Å². The molecule has 0 fully saturated rings. The van der Waals surface area contributed by atoms with Crippen molar-refractivity contribution >= 4 is 28.2 Å². The molecule has 0 bridgehead atoms. The number of aromatic nitrogens is 2. The number of rotatable bonds is 4. The first-order valence-electron chi connectivity index (χ1n) is 8.93. The number of hydrogen-bond donors (Lipinski definition) is 1. The highest BCUT2D eigenvalue weighted by molar-refractivity contribution is 5.87. The fourth-order valence-electron chi connectivity index (χ4n) is 3.49. The molecule has 1 aliphatic heterocycles. The number of allylic oxidation sites excluding steroid dienone is 1. The maximum atomic E-state index is 12.8. The van der Waals surface area contributed by atoms with E-state index in [-0.39, 0.29) is 5.56 Å². The fraction of sp³-hybridized carbons (Fsp3) is 0.238. The van der Waals surface area contributed by atoms with E-state index in [2.05, 4.69) is 0 Å². The third-order valence-electron chi connectivity index (χ3n) is 4.71. The molecule has 1 aromatic heterocycles. The minimum Gasteiger partial charge on any atom is -0.492 e. The van der Waals surface area contributed by atoms with Crippen LogP contribution in [0.5, 0.6) is 11.5 Å². The van der Waals surface area contributed by atoms with Crippen LogP contribution in [0.1, 0.15) is 24.7 Å². The zero-order valence-electron chi connectivity index (χ0n) is 15.4. The maximum absolute atomic E-state index is 12.8. The molecule has 4 rings (SSSR count). The SMILES string of the molecule is CCOc1cccc(C=C2CCn3c2nc2ccc(N)cc2c3=O)c1OC. The molecule has 0 unspecified atom stereocenters. The predicted octanol–water partition coefficient (Wildman–Crippen LogP) is 3.33. The standard InChI is InChI=1S/C21H21N3O3/c1-3-27-18-6-4-5-13(19(18)26-2)11-14-9-10-24-20(14)23-17-8-7-15(22)12-16(17)21(24)25/h4-8,11-12H,3,9-10,22H2,1-2H3. The van der Waals surface area contributed by atoms with E-state index in [9.17, 15) is 4.79 Å². The van der Waals surface area contributed by atoms with Gasteiger partial charge in [0.2, 0.25) is 0 Å². The first kappa shape index (κ1) is 17.1. The molecule has 27 heavy (non-hydrogen) atoms. The smallest absolute Gasteiger partial charge is 0.261 e. The number of benzene rings is 2. The summed E-state index contributed by atoms with van der Waals surface area (Å²) in [6.45, 7) is 3.10. The van der Waals surface area contributed by atoms with Gasteiger partial charge in [-0.1, -0.05) is 12.1 Å². The topological polar surface area (TPSA) is 79.4 Å². The Morgan fingerprint density at radius 1 is 1.30 bits per heavy atom. The van der Waals surface area contributed by atoms with Gasteiger partial charge in [-0.25, -0.2) is 4.98 Å². The second kappa shape index (κ2) is 6.79. The predicted molar refractivity (Wildman–Crippen MR) is 107 cm³/mol. The zero-order chi connectivity index (χ0) is 19.0. The molecule has 0 saturated heterocycles. The molecule has 2 heterocycles. The van der Waals surface area contributed by atoms with Crippen molar-refractivity contribution in [2.24, 2.45) is 0 Å². The molecule has 0 radical (unpaired) electrons. The molecule has 0 aliphatic carbocycles. The van der Waals surface area contributed by atoms with Crippen molar-refractivity contribution in [3.63, 3.8) is 0 Å². The summed E-state index contributed by atoms with van der Waals surface area (Å²) >= 11 is 0. The first-order valence-corrected chi connectivity index (χ1v) is 8.93. The van der Waals surface area contributed by atoms with Crippen LogP contribution in [0.4, 0.5) is 5.69 Å². The number of anilines is 1. The van der Waals surface area contributed by atoms with E-state index in [1.807, 2.05) is 31.2 Å². The molecule has 6 nitrogen and oxygen atoms in total. The molecule has 0 atom stereocenters. The van der Waals surface area contributed by atoms with E-state index < -0.39 is 0 Å². The number of nitrogens with zero attached hydrogens (tertiary/aromatic N) is 2. The lowest BCUT2D eigenvalue weighted by Crippen LogP contribution is -2.20. The Labute approximate surface area is 156 Å². The zero-order valence-corrected chi connectivity index (χ0v) is 15.4. The summed E-state index contributed by atoms with van der Waals surface area (Å²) in [6, 6.07) is 11.0. The van der Waals surface area contributed by atoms with Gasteiger partial charge in [-0.15, -0.1) is 0 Å². The average Bonchev–Trinajstić information content (AvgIpc) is 3.06. The van der Waals surface area contributed by atoms with Crippen molar-refractivity contribution < 1.29 is 9.47 Å². The largest absolute Gasteiger partial charge is 0.492 e. The van der Waals surface area contributed by atoms with Crippen LogP contribution in [-0.2, 0) is 6.54 Å². The van der Waals surface area contributed by atoms with Gasteiger partial charge >= 0.3 is 0 Å². The number of ether oxygens (including phenoxy) is 2. The van der Waals surface area contributed by atoms with Crippen LogP contribution >= 0.6 is 0 Å². The molecule has 6 heteroatoms. The normalized spacial score (nSPS) is 14.5. The van der Waals surface area contributed by atoms with Gasteiger partial charge in [-0.05, 0) is 49.3 Å². The van der Waals surface area contributed by atoms with E-state index in [4.69, 9.17) is 20.2 Å². The quantitative estimate of drug-likeness (QED) is 0.719. The summed E-state index contributed by atoms with van der Waals surface area (Å²) < 4.78 is 12.9. The van der Waals surface area contributed by atoms with Crippen LogP contribution < -0.4 is 20.8 Å². The minimum atomic E-state index is -0.0549. The summed E-state index contributed by atoms with van der Waals surface area (Å²) in [6.07, 6.45) is 2.76. The summed E-state index contributed by atoms with van der Waals surface area (Å²) in [5.41, 5.74) is 8.89. The third-order valence-corrected chi connectivity index (χ3v) is 4.71. The lowest BCUT2D eigenvalue weighted by Gasteiger charge is -2.12. The van der Waals surface area contributed by atoms with Gasteiger partial charge in [0, 0.05) is 17.8 Å². The fourth-order valence-corrected chi connectivity index (χ4v) is 3.49. The van der Waals surface area contributed by atoms with E-state index >= 15 is 0 Å². The lowest BCUT2D eigenvalue weighted by molar-refractivity contribution is 0.310. The second-order valence-corrected chi connectivity index (χ2v) is 6.40. The Hall–Kier alpha value is -3.28. The Balaban J connectivity index is 1.86. The van der Waals surface area contributed by atoms with Crippen LogP contribution in [0.3, 0.4) is 0 Å². The molecule has 0 amide bonds. The molecule has 138 valence electrons. The van der Waals surface area contributed by atoms with Crippen molar-refractivity contribution in [2.75, 3.05) is 19.5 Å². The van der Waals surface area contributed by atoms with E-state index in [1.54, 1.807) is 29.9 Å². The Morgan fingerprint density at radius 2 is 2.15 bits per heavy atom. The molecule has 1 aliphatic rings. The highest BCUT2D eigenvalue weighted by Crippen LogP contribution is 2.35. The van der Waals surface area contributed by atoms with E-state index in [1.165, 1.54) is 0 Å². The Kier molecular flexibility index (Phi) is 4.32. The first-order chi connectivity index (χ1) is 13.1. The molecule has 2 N–H and O–H groups in total. The molecule has 2 aromatic carbocycles. The van der Waals surface area contributed by atoms with Gasteiger partial charge in [0.1, 0.15) is 5.82 Å². The molecular weight excluding hydrogens is 342 g/mol. The summed E-state index contributed by atoms with van der Waals surface area (Å²) in [5, 5.41) is 0.552. The Bertz CT molecular complexity index is 1120. The number of nitrogen functional groups attached to an aromatic ring is 1. The lowest BCUT2D eigenvalue weighted by atomic mass is 10.1. The van der Waals surface area contributed by atoms with Crippen molar-refractivity contribution in [3.05, 3.63) is 58.1 Å². The second-order valence-electron chi connectivity index (χ2n) is 6.40. The monoisotopic (exact) mass is 363 g/mol. The molecule has 0 spiro atoms. The van der Waals surface area contributed by atoms with Crippen molar-refractivity contribution in [1.82, 2.24) is 9.55 Å². The van der Waals surface area contributed by atoms with E-state index in [0.29, 0.717) is 47.1 Å². The van der Waals surface area contributed by atoms with Crippen molar-refractivity contribution in [2.45, 2.75) is 19.9 Å². The summed E-state index contributed by atoms with van der Waals surface area (Å²) in [7, 11) is 1.63. The number of methoxy groups -OCH3 is 1. The van der Waals surface area contributed by atoms with Gasteiger partial charge in [0.15, 0.2) is 11.5 Å². The van der Waals surface area contributed by atoms with Gasteiger partial charge in [-0.3, -0.25) is 9.36 Å². The van der Waals surface area contributed by atoms with Crippen LogP contribution in [0.25, 0.3) is 22.6 Å². The van der Waals surface area contributed by atoms with Crippen LogP contribution in [0, 0.1) is 0 Å². The van der Waals surface area contributed by atoms with Gasteiger partial charge in [0.05, 0.1) is 24.6 Å². The van der Waals surface area contributed by atoms with Gasteiger partial charge in [-0.2, -0.15) is 0 Å². The number of hydrogen-bond acceptors (Lipinski definition) is 5. The number of para-hydroxylation sites is 1. The van der Waals surface area contributed by atoms with Crippen molar-refractivity contribution in [1.29, 1.82) is 0 Å². The summed E-state index contributed by atoms with van der Waals surface area (Å²) in [5.74, 6) is 2.08. The van der Waals surface area contributed by atoms with Crippen LogP contribution in [0.15, 0.2) is 41.2 Å². The molecule has 3 aromatic rings. The minimum absolute atomic E-state index is 0.0549. The number of fused-ring (bicyclic) bond motifs is 2. The highest BCUT2D eigenvalue weighted by atomic mass is 16.5. The summed E-state index contributed by atoms with van der Waals surface area (Å²) in [4.78, 5) is 17.5.